The van der Waals surface area contributed by atoms with Crippen molar-refractivity contribution in [2.24, 2.45) is 17.8 Å². The lowest BCUT2D eigenvalue weighted by molar-refractivity contribution is -0.160. The number of alkyl halides is 1. The third-order valence-electron chi connectivity index (χ3n) is 9.00. The Morgan fingerprint density at radius 1 is 1.29 bits per heavy atom. The highest BCUT2D eigenvalue weighted by Crippen LogP contribution is 2.61. The SMILES string of the molecule is C=CCCC(=O)NC[C@@H](C)OC(=O)[C@H]1[C@@H]2O[C@@]3(CC2Br)[C@@H]1C(=O)N([C@@H](CO)[C@@H](C)CC)[C@@H]3C(=O)N(CC=C)CCCC. The molecular weight excluding hydrogens is 606 g/mol. The zero-order valence-corrected chi connectivity index (χ0v) is 27.0. The lowest BCUT2D eigenvalue weighted by Crippen LogP contribution is -2.60. The van der Waals surface area contributed by atoms with Gasteiger partial charge < -0.3 is 29.7 Å². The van der Waals surface area contributed by atoms with Crippen LogP contribution < -0.4 is 5.32 Å². The van der Waals surface area contributed by atoms with Gasteiger partial charge in [-0.3, -0.25) is 19.2 Å². The molecule has 42 heavy (non-hydrogen) atoms. The van der Waals surface area contributed by atoms with Crippen molar-refractivity contribution in [2.75, 3.05) is 26.2 Å². The molecule has 2 N–H and O–H groups in total. The summed E-state index contributed by atoms with van der Waals surface area (Å²) in [7, 11) is 0. The minimum Gasteiger partial charge on any atom is -0.460 e. The molecule has 10 nitrogen and oxygen atoms in total. The van der Waals surface area contributed by atoms with Crippen LogP contribution in [0.4, 0.5) is 0 Å². The maximum absolute atomic E-state index is 14.4. The molecule has 0 radical (unpaired) electrons. The summed E-state index contributed by atoms with van der Waals surface area (Å²) in [6.45, 7) is 15.7. The van der Waals surface area contributed by atoms with Gasteiger partial charge >= 0.3 is 5.97 Å². The molecule has 3 aliphatic rings. The van der Waals surface area contributed by atoms with Crippen LogP contribution in [0.3, 0.4) is 0 Å². The minimum atomic E-state index is -1.24. The predicted octanol–water partition coefficient (Wildman–Crippen LogP) is 2.97. The van der Waals surface area contributed by atoms with Crippen molar-refractivity contribution in [2.45, 2.75) is 101 Å². The second kappa shape index (κ2) is 15.0. The Bertz CT molecular complexity index is 1020. The van der Waals surface area contributed by atoms with Crippen molar-refractivity contribution < 1.29 is 33.8 Å². The average molecular weight is 655 g/mol. The van der Waals surface area contributed by atoms with Gasteiger partial charge in [0, 0.05) is 24.3 Å². The number of esters is 1. The van der Waals surface area contributed by atoms with Gasteiger partial charge in [-0.15, -0.1) is 13.2 Å². The monoisotopic (exact) mass is 653 g/mol. The number of carbonyl (C=O) groups is 4. The lowest BCUT2D eigenvalue weighted by atomic mass is 9.70. The number of hydrogen-bond donors (Lipinski definition) is 2. The Balaban J connectivity index is 1.96. The first-order chi connectivity index (χ1) is 20.0. The third kappa shape index (κ3) is 6.63. The number of rotatable bonds is 17. The highest BCUT2D eigenvalue weighted by molar-refractivity contribution is 9.09. The van der Waals surface area contributed by atoms with E-state index in [4.69, 9.17) is 9.47 Å². The van der Waals surface area contributed by atoms with Crippen LogP contribution >= 0.6 is 15.9 Å². The van der Waals surface area contributed by atoms with E-state index < -0.39 is 47.7 Å². The second-order valence-electron chi connectivity index (χ2n) is 11.8. The van der Waals surface area contributed by atoms with E-state index in [-0.39, 0.29) is 41.6 Å². The van der Waals surface area contributed by atoms with E-state index in [1.54, 1.807) is 24.0 Å². The smallest absolute Gasteiger partial charge is 0.312 e. The van der Waals surface area contributed by atoms with Crippen molar-refractivity contribution in [3.05, 3.63) is 25.3 Å². The molecule has 1 spiro atoms. The number of aliphatic hydroxyl groups excluding tert-OH is 1. The first-order valence-electron chi connectivity index (χ1n) is 15.2. The van der Waals surface area contributed by atoms with Crippen molar-refractivity contribution in [1.29, 1.82) is 0 Å². The summed E-state index contributed by atoms with van der Waals surface area (Å²) >= 11 is 3.68. The first kappa shape index (κ1) is 34.3. The number of amides is 3. The maximum atomic E-state index is 14.4. The average Bonchev–Trinajstić information content (AvgIpc) is 3.56. The van der Waals surface area contributed by atoms with Crippen molar-refractivity contribution in [3.8, 4) is 0 Å². The molecule has 0 aromatic carbocycles. The van der Waals surface area contributed by atoms with E-state index in [2.05, 4.69) is 34.4 Å². The molecule has 0 aromatic heterocycles. The van der Waals surface area contributed by atoms with E-state index in [9.17, 15) is 24.3 Å². The van der Waals surface area contributed by atoms with Crippen LogP contribution in [-0.2, 0) is 28.7 Å². The van der Waals surface area contributed by atoms with Crippen molar-refractivity contribution in [1.82, 2.24) is 15.1 Å². The minimum absolute atomic E-state index is 0.0972. The molecule has 3 saturated heterocycles. The van der Waals surface area contributed by atoms with Gasteiger partial charge in [0.1, 0.15) is 17.7 Å². The number of likely N-dealkylation sites (tertiary alicyclic amines) is 1. The number of halogens is 1. The highest BCUT2D eigenvalue weighted by atomic mass is 79.9. The standard InChI is InChI=1S/C31H48BrN3O7/c1-7-11-13-23(37)33-17-20(6)41-30(40)24-25-28(38)35(22(18-36)19(5)10-4)27(31(25)16-21(32)26(24)42-31)29(39)34(14-9-3)15-12-8-2/h7,9,19-22,24-27,36H,1,3,8,10-18H2,2,4-6H3,(H,33,37)/t19-,20+,21?,22-,24+,25-,26+,27+,31-/m0/s1. The van der Waals surface area contributed by atoms with Gasteiger partial charge in [0.2, 0.25) is 17.7 Å². The molecule has 0 aliphatic carbocycles. The Hall–Kier alpha value is -2.24. The fraction of sp³-hybridized carbons (Fsp3) is 0.742. The lowest BCUT2D eigenvalue weighted by Gasteiger charge is -2.41. The molecule has 3 amide bonds. The van der Waals surface area contributed by atoms with Crippen LogP contribution in [0.2, 0.25) is 0 Å². The van der Waals surface area contributed by atoms with Crippen LogP contribution in [0.5, 0.6) is 0 Å². The van der Waals surface area contributed by atoms with Gasteiger partial charge in [0.15, 0.2) is 0 Å². The van der Waals surface area contributed by atoms with E-state index in [1.165, 1.54) is 4.90 Å². The largest absolute Gasteiger partial charge is 0.460 e. The second-order valence-corrected chi connectivity index (χ2v) is 13.0. The molecule has 9 atom stereocenters. The molecule has 0 saturated carbocycles. The number of fused-ring (bicyclic) bond motifs is 1. The molecule has 3 rings (SSSR count). The van der Waals surface area contributed by atoms with Crippen molar-refractivity contribution in [3.63, 3.8) is 0 Å². The summed E-state index contributed by atoms with van der Waals surface area (Å²) in [6, 6.07) is -1.62. The Morgan fingerprint density at radius 3 is 2.60 bits per heavy atom. The van der Waals surface area contributed by atoms with E-state index in [0.29, 0.717) is 38.8 Å². The number of nitrogens with one attached hydrogen (secondary N) is 1. The van der Waals surface area contributed by atoms with Gasteiger partial charge in [0.05, 0.1) is 37.1 Å². The zero-order valence-electron chi connectivity index (χ0n) is 25.4. The summed E-state index contributed by atoms with van der Waals surface area (Å²) in [4.78, 5) is 57.4. The zero-order chi connectivity index (χ0) is 31.2. The molecule has 1 unspecified atom stereocenters. The summed E-state index contributed by atoms with van der Waals surface area (Å²) in [5.41, 5.74) is -1.24. The van der Waals surface area contributed by atoms with Crippen LogP contribution in [0.15, 0.2) is 25.3 Å². The van der Waals surface area contributed by atoms with Crippen LogP contribution in [0, 0.1) is 17.8 Å². The molecule has 3 heterocycles. The molecule has 0 aromatic rings. The summed E-state index contributed by atoms with van der Waals surface area (Å²) < 4.78 is 12.4. The fourth-order valence-electron chi connectivity index (χ4n) is 6.65. The third-order valence-corrected chi connectivity index (χ3v) is 9.85. The number of carbonyl (C=O) groups excluding carboxylic acids is 4. The first-order valence-corrected chi connectivity index (χ1v) is 16.2. The fourth-order valence-corrected chi connectivity index (χ4v) is 7.60. The van der Waals surface area contributed by atoms with E-state index >= 15 is 0 Å². The topological polar surface area (TPSA) is 125 Å². The quantitative estimate of drug-likeness (QED) is 0.140. The van der Waals surface area contributed by atoms with E-state index in [0.717, 1.165) is 12.8 Å². The molecule has 2 bridgehead atoms. The molecule has 11 heteroatoms. The normalized spacial score (nSPS) is 29.9. The van der Waals surface area contributed by atoms with Gasteiger partial charge in [-0.05, 0) is 32.1 Å². The summed E-state index contributed by atoms with van der Waals surface area (Å²) in [5, 5.41) is 13.3. The number of aliphatic hydroxyl groups is 1. The predicted molar refractivity (Wildman–Crippen MR) is 163 cm³/mol. The van der Waals surface area contributed by atoms with Gasteiger partial charge in [-0.1, -0.05) is 61.7 Å². The Morgan fingerprint density at radius 2 is 2.00 bits per heavy atom. The molecule has 3 fully saturated rings. The van der Waals surface area contributed by atoms with Gasteiger partial charge in [0.25, 0.3) is 0 Å². The van der Waals surface area contributed by atoms with Gasteiger partial charge in [-0.25, -0.2) is 0 Å². The van der Waals surface area contributed by atoms with Crippen molar-refractivity contribution >= 4 is 39.6 Å². The number of nitrogens with zero attached hydrogens (tertiary/aromatic N) is 2. The number of allylic oxidation sites excluding steroid dienone is 1. The summed E-state index contributed by atoms with van der Waals surface area (Å²) in [6.07, 6.45) is 5.60. The molecule has 3 aliphatic heterocycles. The van der Waals surface area contributed by atoms with Crippen LogP contribution in [0.25, 0.3) is 0 Å². The Kier molecular flexibility index (Phi) is 12.2. The highest BCUT2D eigenvalue weighted by Gasteiger charge is 2.77. The molecular formula is C31H48BrN3O7. The number of unbranched alkanes of at least 4 members (excludes halogenated alkanes) is 1. The number of ether oxygens (including phenoxy) is 2. The molecule has 236 valence electrons. The van der Waals surface area contributed by atoms with Gasteiger partial charge in [-0.2, -0.15) is 0 Å². The van der Waals surface area contributed by atoms with Crippen LogP contribution in [-0.4, -0.2) is 99.6 Å². The maximum Gasteiger partial charge on any atom is 0.312 e. The number of hydrogen-bond acceptors (Lipinski definition) is 7. The van der Waals surface area contributed by atoms with E-state index in [1.807, 2.05) is 20.8 Å². The summed E-state index contributed by atoms with van der Waals surface area (Å²) in [5.74, 6) is -3.35. The Labute approximate surface area is 258 Å². The van der Waals surface area contributed by atoms with Crippen LogP contribution in [0.1, 0.15) is 66.2 Å².